The molecular weight excluding hydrogens is 474 g/mol. The number of rotatable bonds is 5. The first-order valence-electron chi connectivity index (χ1n) is 10.7. The van der Waals surface area contributed by atoms with E-state index in [1.165, 1.54) is 4.90 Å². The van der Waals surface area contributed by atoms with Crippen molar-refractivity contribution in [1.29, 1.82) is 0 Å². The molecule has 2 unspecified atom stereocenters. The van der Waals surface area contributed by atoms with E-state index < -0.39 is 12.2 Å². The average molecular weight is 494 g/mol. The van der Waals surface area contributed by atoms with Crippen LogP contribution in [-0.4, -0.2) is 52.1 Å². The number of amides is 1. The number of nitrogens with zero attached hydrogens (tertiary/aromatic N) is 4. The van der Waals surface area contributed by atoms with Gasteiger partial charge >= 0.3 is 5.97 Å². The van der Waals surface area contributed by atoms with Crippen molar-refractivity contribution in [1.82, 2.24) is 10.3 Å². The first-order chi connectivity index (χ1) is 16.5. The molecule has 0 saturated carbocycles. The number of nitrogens with one attached hydrogen (secondary N) is 1. The molecule has 10 heteroatoms. The van der Waals surface area contributed by atoms with Crippen LogP contribution in [0.2, 0.25) is 5.02 Å². The number of thioether (sulfide) groups is 1. The highest BCUT2D eigenvalue weighted by atomic mass is 35.5. The van der Waals surface area contributed by atoms with Crippen molar-refractivity contribution in [2.75, 3.05) is 12.4 Å². The smallest absolute Gasteiger partial charge is 0.316 e. The summed E-state index contributed by atoms with van der Waals surface area (Å²) in [6, 6.07) is 17.1. The van der Waals surface area contributed by atoms with E-state index in [0.717, 1.165) is 34.2 Å². The Morgan fingerprint density at radius 3 is 2.65 bits per heavy atom. The van der Waals surface area contributed by atoms with Crippen LogP contribution in [0.15, 0.2) is 75.8 Å². The number of fused-ring (bicyclic) bond motifs is 2. The Morgan fingerprint density at radius 1 is 1.15 bits per heavy atom. The van der Waals surface area contributed by atoms with Gasteiger partial charge in [0, 0.05) is 10.6 Å². The number of hydrazone groups is 1. The quantitative estimate of drug-likeness (QED) is 0.643. The molecule has 1 amide bonds. The molecule has 5 rings (SSSR count). The van der Waals surface area contributed by atoms with Crippen molar-refractivity contribution in [3.8, 4) is 0 Å². The molecule has 0 radical (unpaired) electrons. The minimum atomic E-state index is -0.714. The monoisotopic (exact) mass is 493 g/mol. The van der Waals surface area contributed by atoms with Crippen molar-refractivity contribution in [2.24, 2.45) is 21.0 Å². The van der Waals surface area contributed by atoms with Gasteiger partial charge in [0.25, 0.3) is 0 Å². The van der Waals surface area contributed by atoms with Crippen LogP contribution in [0.5, 0.6) is 0 Å². The number of benzene rings is 2. The summed E-state index contributed by atoms with van der Waals surface area (Å²) in [5.41, 5.74) is 6.14. The van der Waals surface area contributed by atoms with Gasteiger partial charge in [0.1, 0.15) is 11.8 Å². The molecule has 0 fully saturated rings. The number of esters is 1. The van der Waals surface area contributed by atoms with Gasteiger partial charge in [-0.1, -0.05) is 65.8 Å². The third-order valence-electron chi connectivity index (χ3n) is 5.43. The first kappa shape index (κ1) is 22.4. The minimum absolute atomic E-state index is 0.0439. The van der Waals surface area contributed by atoms with Crippen LogP contribution in [0.25, 0.3) is 5.57 Å². The molecule has 2 atom stereocenters. The number of dihydropyridines is 1. The lowest BCUT2D eigenvalue weighted by atomic mass is 9.85. The van der Waals surface area contributed by atoms with Gasteiger partial charge in [0.15, 0.2) is 5.17 Å². The van der Waals surface area contributed by atoms with E-state index in [4.69, 9.17) is 26.3 Å². The van der Waals surface area contributed by atoms with E-state index >= 15 is 0 Å². The fraction of sp³-hybridized carbons (Fsp3) is 0.208. The lowest BCUT2D eigenvalue weighted by molar-refractivity contribution is -0.139. The zero-order valence-electron chi connectivity index (χ0n) is 18.1. The molecule has 0 saturated heterocycles. The van der Waals surface area contributed by atoms with Gasteiger partial charge in [-0.25, -0.2) is 14.9 Å². The molecule has 0 aliphatic carbocycles. The lowest BCUT2D eigenvalue weighted by Gasteiger charge is -2.34. The van der Waals surface area contributed by atoms with Crippen molar-refractivity contribution < 1.29 is 14.3 Å². The van der Waals surface area contributed by atoms with Gasteiger partial charge in [-0.2, -0.15) is 5.10 Å². The maximum Gasteiger partial charge on any atom is 0.316 e. The van der Waals surface area contributed by atoms with E-state index in [1.807, 2.05) is 48.5 Å². The summed E-state index contributed by atoms with van der Waals surface area (Å²) in [4.78, 5) is 36.5. The third kappa shape index (κ3) is 4.24. The van der Waals surface area contributed by atoms with Crippen molar-refractivity contribution in [2.45, 2.75) is 13.2 Å². The molecule has 0 aromatic heterocycles. The number of halogens is 1. The lowest BCUT2D eigenvalue weighted by Crippen LogP contribution is -2.52. The maximum absolute atomic E-state index is 13.8. The fourth-order valence-electron chi connectivity index (χ4n) is 3.91. The Kier molecular flexibility index (Phi) is 6.21. The summed E-state index contributed by atoms with van der Waals surface area (Å²) >= 11 is 7.24. The Bertz CT molecular complexity index is 1260. The maximum atomic E-state index is 13.8. The zero-order chi connectivity index (χ0) is 23.7. The van der Waals surface area contributed by atoms with Crippen molar-refractivity contribution >= 4 is 57.5 Å². The number of ether oxygens (including phenoxy) is 1. The van der Waals surface area contributed by atoms with Gasteiger partial charge in [0.2, 0.25) is 12.2 Å². The zero-order valence-corrected chi connectivity index (χ0v) is 19.7. The molecule has 8 nitrogen and oxygen atoms in total. The molecule has 2 aromatic rings. The second-order valence-electron chi connectivity index (χ2n) is 7.59. The average Bonchev–Trinajstić information content (AvgIpc) is 3.26. The van der Waals surface area contributed by atoms with Crippen LogP contribution in [0, 0.1) is 5.92 Å². The molecule has 172 valence electrons. The fourth-order valence-corrected chi connectivity index (χ4v) is 4.81. The summed E-state index contributed by atoms with van der Waals surface area (Å²) in [6.45, 7) is 2.04. The summed E-state index contributed by atoms with van der Waals surface area (Å²) in [5, 5.41) is 5.22. The Balaban J connectivity index is 1.52. The molecule has 3 aliphatic rings. The largest absolute Gasteiger partial charge is 0.465 e. The number of carbonyl (C=O) groups is 2. The van der Waals surface area contributed by atoms with Gasteiger partial charge < -0.3 is 4.74 Å². The molecule has 0 spiro atoms. The first-order valence-corrected chi connectivity index (χ1v) is 12.1. The van der Waals surface area contributed by atoms with Crippen LogP contribution in [0.3, 0.4) is 0 Å². The molecule has 1 N–H and O–H groups in total. The molecule has 34 heavy (non-hydrogen) atoms. The topological polar surface area (TPSA) is 95.7 Å². The van der Waals surface area contributed by atoms with E-state index in [9.17, 15) is 9.59 Å². The number of hydrogen-bond acceptors (Lipinski definition) is 8. The van der Waals surface area contributed by atoms with Crippen molar-refractivity contribution in [3.05, 3.63) is 76.8 Å². The van der Waals surface area contributed by atoms with E-state index in [0.29, 0.717) is 22.6 Å². The number of amidine groups is 2. The normalized spacial score (nSPS) is 20.9. The number of aliphatic imine (C=N–C) groups is 2. The highest BCUT2D eigenvalue weighted by molar-refractivity contribution is 8.14. The molecule has 0 bridgehead atoms. The summed E-state index contributed by atoms with van der Waals surface area (Å²) < 4.78 is 4.98. The molecule has 3 heterocycles. The highest BCUT2D eigenvalue weighted by Gasteiger charge is 2.46. The van der Waals surface area contributed by atoms with Crippen molar-refractivity contribution in [3.63, 3.8) is 0 Å². The molecular formula is C24H20ClN5O3S. The number of hydrogen-bond donors (Lipinski definition) is 1. The van der Waals surface area contributed by atoms with Crippen LogP contribution in [0.4, 0.5) is 0 Å². The van der Waals surface area contributed by atoms with Crippen LogP contribution < -0.4 is 5.43 Å². The van der Waals surface area contributed by atoms with Gasteiger partial charge in [0.05, 0.1) is 18.1 Å². The molecule has 3 aliphatic heterocycles. The Hall–Kier alpha value is -3.43. The number of allylic oxidation sites excluding steroid dienone is 1. The Morgan fingerprint density at radius 2 is 1.91 bits per heavy atom. The minimum Gasteiger partial charge on any atom is -0.465 e. The van der Waals surface area contributed by atoms with Gasteiger partial charge in [-0.05, 0) is 36.3 Å². The standard InChI is InChI=1S/C24H20ClN5O3S/c1-2-33-19(31)13-34-24-29-28-23-27-21-20(22(32)30(23)24)17(14-8-10-16(25)11-9-14)12-18(26-21)15-6-4-3-5-7-15/h3-12,20,23,28H,2,13H2,1H3. The van der Waals surface area contributed by atoms with Crippen LogP contribution in [0.1, 0.15) is 18.1 Å². The third-order valence-corrected chi connectivity index (χ3v) is 6.61. The number of carbonyl (C=O) groups excluding carboxylic acids is 2. The van der Waals surface area contributed by atoms with Crippen LogP contribution >= 0.6 is 23.4 Å². The van der Waals surface area contributed by atoms with Gasteiger partial charge in [-0.15, -0.1) is 0 Å². The summed E-state index contributed by atoms with van der Waals surface area (Å²) in [6.07, 6.45) is 1.21. The van der Waals surface area contributed by atoms with E-state index in [1.54, 1.807) is 19.1 Å². The van der Waals surface area contributed by atoms with E-state index in [2.05, 4.69) is 10.5 Å². The SMILES string of the molecule is CCOC(=O)CSC1=NNC2N=C3N=C(c4ccccc4)C=C(c4ccc(Cl)cc4)C3C(=O)N12. The van der Waals surface area contributed by atoms with E-state index in [-0.39, 0.29) is 17.6 Å². The van der Waals surface area contributed by atoms with Gasteiger partial charge in [-0.3, -0.25) is 15.0 Å². The summed E-state index contributed by atoms with van der Waals surface area (Å²) in [5.74, 6) is -0.839. The molecule has 2 aromatic carbocycles. The second-order valence-corrected chi connectivity index (χ2v) is 8.97. The predicted molar refractivity (Wildman–Crippen MR) is 134 cm³/mol. The Labute approximate surface area is 205 Å². The second kappa shape index (κ2) is 9.44. The predicted octanol–water partition coefficient (Wildman–Crippen LogP) is 3.54. The van der Waals surface area contributed by atoms with Crippen LogP contribution in [-0.2, 0) is 14.3 Å². The highest BCUT2D eigenvalue weighted by Crippen LogP contribution is 2.36. The summed E-state index contributed by atoms with van der Waals surface area (Å²) in [7, 11) is 0.